The van der Waals surface area contributed by atoms with E-state index in [1.807, 2.05) is 83.5 Å². The van der Waals surface area contributed by atoms with Crippen LogP contribution in [0, 0.1) is 6.92 Å². The molecule has 0 N–H and O–H groups in total. The van der Waals surface area contributed by atoms with Crippen molar-refractivity contribution < 1.29 is 9.59 Å². The Morgan fingerprint density at radius 2 is 1.43 bits per heavy atom. The third-order valence-corrected chi connectivity index (χ3v) is 5.36. The first-order chi connectivity index (χ1) is 13.6. The minimum Gasteiger partial charge on any atom is -0.337 e. The fraction of sp³-hybridized carbons (Fsp3) is 0.250. The van der Waals surface area contributed by atoms with E-state index in [1.165, 1.54) is 0 Å². The zero-order valence-electron chi connectivity index (χ0n) is 16.1. The molecule has 4 heteroatoms. The van der Waals surface area contributed by atoms with Gasteiger partial charge in [0.1, 0.15) is 0 Å². The first-order valence-corrected chi connectivity index (χ1v) is 9.76. The number of benzene rings is 3. The highest BCUT2D eigenvalue weighted by Gasteiger charge is 2.24. The van der Waals surface area contributed by atoms with Crippen LogP contribution in [0.3, 0.4) is 0 Å². The number of aryl methyl sites for hydroxylation is 1. The molecule has 4 nitrogen and oxygen atoms in total. The van der Waals surface area contributed by atoms with Crippen LogP contribution >= 0.6 is 0 Å². The number of carbonyl (C=O) groups excluding carboxylic acids is 2. The van der Waals surface area contributed by atoms with Crippen molar-refractivity contribution in [3.8, 4) is 0 Å². The van der Waals surface area contributed by atoms with Crippen LogP contribution < -0.4 is 0 Å². The lowest BCUT2D eigenvalue weighted by Crippen LogP contribution is -2.37. The summed E-state index contributed by atoms with van der Waals surface area (Å²) in [5.41, 5.74) is 2.53. The van der Waals surface area contributed by atoms with Gasteiger partial charge in [0.15, 0.2) is 0 Å². The highest BCUT2D eigenvalue weighted by Crippen LogP contribution is 2.21. The molecule has 0 saturated carbocycles. The molecule has 1 fully saturated rings. The number of nitrogens with zero attached hydrogens (tertiary/aromatic N) is 2. The number of amides is 2. The normalized spacial score (nSPS) is 14.8. The number of fused-ring (bicyclic) bond motifs is 1. The highest BCUT2D eigenvalue weighted by molar-refractivity contribution is 6.07. The van der Waals surface area contributed by atoms with Gasteiger partial charge in [0.05, 0.1) is 0 Å². The first-order valence-electron chi connectivity index (χ1n) is 9.76. The van der Waals surface area contributed by atoms with Crippen LogP contribution in [0.2, 0.25) is 0 Å². The summed E-state index contributed by atoms with van der Waals surface area (Å²) in [7, 11) is 0. The Kier molecular flexibility index (Phi) is 5.11. The average molecular weight is 372 g/mol. The monoisotopic (exact) mass is 372 g/mol. The largest absolute Gasteiger partial charge is 0.337 e. The smallest absolute Gasteiger partial charge is 0.254 e. The fourth-order valence-electron chi connectivity index (χ4n) is 3.87. The summed E-state index contributed by atoms with van der Waals surface area (Å²) in [6.07, 6.45) is 0.786. The maximum atomic E-state index is 13.2. The van der Waals surface area contributed by atoms with E-state index in [2.05, 4.69) is 0 Å². The highest BCUT2D eigenvalue weighted by atomic mass is 16.2. The molecule has 4 rings (SSSR count). The van der Waals surface area contributed by atoms with Crippen LogP contribution in [0.4, 0.5) is 0 Å². The van der Waals surface area contributed by atoms with Crippen LogP contribution in [0.25, 0.3) is 10.8 Å². The van der Waals surface area contributed by atoms with E-state index in [0.717, 1.165) is 28.3 Å². The van der Waals surface area contributed by atoms with Gasteiger partial charge in [0.2, 0.25) is 0 Å². The molecule has 0 unspecified atom stereocenters. The molecule has 28 heavy (non-hydrogen) atoms. The second-order valence-corrected chi connectivity index (χ2v) is 7.33. The lowest BCUT2D eigenvalue weighted by molar-refractivity contribution is 0.0719. The van der Waals surface area contributed by atoms with Crippen molar-refractivity contribution in [1.29, 1.82) is 0 Å². The van der Waals surface area contributed by atoms with E-state index >= 15 is 0 Å². The molecule has 1 heterocycles. The summed E-state index contributed by atoms with van der Waals surface area (Å²) in [5, 5.41) is 2.05. The molecule has 0 atom stereocenters. The van der Waals surface area contributed by atoms with Gasteiger partial charge in [-0.3, -0.25) is 9.59 Å². The topological polar surface area (TPSA) is 40.6 Å². The lowest BCUT2D eigenvalue weighted by Gasteiger charge is -2.23. The van der Waals surface area contributed by atoms with Crippen LogP contribution in [0.5, 0.6) is 0 Å². The number of carbonyl (C=O) groups is 2. The van der Waals surface area contributed by atoms with Gasteiger partial charge in [0.25, 0.3) is 11.8 Å². The maximum Gasteiger partial charge on any atom is 0.254 e. The van der Waals surface area contributed by atoms with Gasteiger partial charge in [-0.1, -0.05) is 54.1 Å². The standard InChI is InChI=1S/C24H24N2O2/c1-18-7-4-10-20(17-18)23(27)25-13-6-14-26(16-15-25)24(28)22-12-5-9-19-8-2-3-11-21(19)22/h2-5,7-12,17H,6,13-16H2,1H3. The van der Waals surface area contributed by atoms with E-state index in [4.69, 9.17) is 0 Å². The minimum atomic E-state index is 0.0432. The van der Waals surface area contributed by atoms with Crippen molar-refractivity contribution in [2.45, 2.75) is 13.3 Å². The van der Waals surface area contributed by atoms with Crippen molar-refractivity contribution in [1.82, 2.24) is 9.80 Å². The van der Waals surface area contributed by atoms with E-state index in [0.29, 0.717) is 31.7 Å². The molecular weight excluding hydrogens is 348 g/mol. The van der Waals surface area contributed by atoms with E-state index in [1.54, 1.807) is 0 Å². The quantitative estimate of drug-likeness (QED) is 0.678. The molecule has 1 aliphatic heterocycles. The number of rotatable bonds is 2. The van der Waals surface area contributed by atoms with Crippen LogP contribution in [0.15, 0.2) is 66.7 Å². The molecule has 0 aliphatic carbocycles. The summed E-state index contributed by atoms with van der Waals surface area (Å²) in [6.45, 7) is 4.44. The first kappa shape index (κ1) is 18.2. The van der Waals surface area contributed by atoms with Crippen molar-refractivity contribution in [3.05, 3.63) is 83.4 Å². The Bertz CT molecular complexity index is 1020. The number of hydrogen-bond acceptors (Lipinski definition) is 2. The van der Waals surface area contributed by atoms with Crippen LogP contribution in [0.1, 0.15) is 32.7 Å². The molecule has 0 bridgehead atoms. The van der Waals surface area contributed by atoms with Gasteiger partial charge in [-0.2, -0.15) is 0 Å². The second-order valence-electron chi connectivity index (χ2n) is 7.33. The van der Waals surface area contributed by atoms with Crippen molar-refractivity contribution in [2.24, 2.45) is 0 Å². The average Bonchev–Trinajstić information content (AvgIpc) is 2.98. The molecule has 1 saturated heterocycles. The Labute approximate surface area is 165 Å². The Morgan fingerprint density at radius 1 is 0.750 bits per heavy atom. The van der Waals surface area contributed by atoms with Gasteiger partial charge in [0, 0.05) is 37.3 Å². The molecule has 3 aromatic rings. The second kappa shape index (κ2) is 7.85. The summed E-state index contributed by atoms with van der Waals surface area (Å²) in [6, 6.07) is 21.5. The fourth-order valence-corrected chi connectivity index (χ4v) is 3.87. The summed E-state index contributed by atoms with van der Waals surface area (Å²) < 4.78 is 0. The molecule has 0 spiro atoms. The van der Waals surface area contributed by atoms with Gasteiger partial charge < -0.3 is 9.80 Å². The zero-order valence-corrected chi connectivity index (χ0v) is 16.1. The Hall–Kier alpha value is -3.14. The van der Waals surface area contributed by atoms with E-state index in [-0.39, 0.29) is 11.8 Å². The van der Waals surface area contributed by atoms with Gasteiger partial charge in [-0.05, 0) is 42.3 Å². The predicted octanol–water partition coefficient (Wildman–Crippen LogP) is 4.14. The molecule has 0 aromatic heterocycles. The SMILES string of the molecule is Cc1cccc(C(=O)N2CCCN(C(=O)c3cccc4ccccc34)CC2)c1. The molecular formula is C24H24N2O2. The zero-order chi connectivity index (χ0) is 19.5. The van der Waals surface area contributed by atoms with Gasteiger partial charge in [-0.25, -0.2) is 0 Å². The van der Waals surface area contributed by atoms with Crippen LogP contribution in [-0.4, -0.2) is 47.8 Å². The molecule has 1 aliphatic rings. The number of hydrogen-bond donors (Lipinski definition) is 0. The summed E-state index contributed by atoms with van der Waals surface area (Å²) >= 11 is 0. The van der Waals surface area contributed by atoms with Crippen molar-refractivity contribution in [2.75, 3.05) is 26.2 Å². The van der Waals surface area contributed by atoms with E-state index in [9.17, 15) is 9.59 Å². The minimum absolute atomic E-state index is 0.0432. The summed E-state index contributed by atoms with van der Waals surface area (Å²) in [4.78, 5) is 29.8. The van der Waals surface area contributed by atoms with Gasteiger partial charge in [-0.15, -0.1) is 0 Å². The van der Waals surface area contributed by atoms with E-state index < -0.39 is 0 Å². The Balaban J connectivity index is 1.51. The molecule has 0 radical (unpaired) electrons. The third-order valence-electron chi connectivity index (χ3n) is 5.36. The third kappa shape index (κ3) is 3.63. The predicted molar refractivity (Wildman–Crippen MR) is 112 cm³/mol. The van der Waals surface area contributed by atoms with Gasteiger partial charge >= 0.3 is 0 Å². The Morgan fingerprint density at radius 3 is 2.21 bits per heavy atom. The van der Waals surface area contributed by atoms with Crippen molar-refractivity contribution >= 4 is 22.6 Å². The maximum absolute atomic E-state index is 13.2. The molecule has 2 amide bonds. The molecule has 142 valence electrons. The lowest BCUT2D eigenvalue weighted by atomic mass is 10.0. The summed E-state index contributed by atoms with van der Waals surface area (Å²) in [5.74, 6) is 0.0878. The van der Waals surface area contributed by atoms with Crippen molar-refractivity contribution in [3.63, 3.8) is 0 Å². The van der Waals surface area contributed by atoms with Crippen LogP contribution in [-0.2, 0) is 0 Å². The molecule has 3 aromatic carbocycles.